The summed E-state index contributed by atoms with van der Waals surface area (Å²) in [5.74, 6) is -0.259. The Labute approximate surface area is 189 Å². The smallest absolute Gasteiger partial charge is 0.229 e. The van der Waals surface area contributed by atoms with Crippen molar-refractivity contribution < 1.29 is 14.0 Å². The van der Waals surface area contributed by atoms with Crippen molar-refractivity contribution >= 4 is 39.6 Å². The predicted molar refractivity (Wildman–Crippen MR) is 123 cm³/mol. The molecule has 2 aromatic carbocycles. The van der Waals surface area contributed by atoms with Gasteiger partial charge in [-0.3, -0.25) is 19.6 Å². The average Bonchev–Trinajstić information content (AvgIpc) is 3.49. The van der Waals surface area contributed by atoms with Crippen molar-refractivity contribution in [2.24, 2.45) is 11.8 Å². The predicted octanol–water partition coefficient (Wildman–Crippen LogP) is 3.83. The van der Waals surface area contributed by atoms with Crippen molar-refractivity contribution in [3.8, 4) is 0 Å². The number of anilines is 1. The average molecular weight is 449 g/mol. The molecule has 1 saturated heterocycles. The molecule has 0 radical (unpaired) electrons. The molecular weight excluding hydrogens is 423 g/mol. The van der Waals surface area contributed by atoms with E-state index in [9.17, 15) is 14.0 Å². The molecule has 0 saturated carbocycles. The van der Waals surface area contributed by atoms with Gasteiger partial charge in [0.25, 0.3) is 0 Å². The maximum Gasteiger partial charge on any atom is 0.229 e. The number of hydrogen-bond donors (Lipinski definition) is 3. The largest absolute Gasteiger partial charge is 0.346 e. The van der Waals surface area contributed by atoms with E-state index in [0.29, 0.717) is 23.7 Å². The van der Waals surface area contributed by atoms with Crippen molar-refractivity contribution in [3.63, 3.8) is 0 Å². The number of carbonyl (C=O) groups is 2. The van der Waals surface area contributed by atoms with Crippen LogP contribution in [0, 0.1) is 17.7 Å². The molecule has 1 aliphatic heterocycles. The van der Waals surface area contributed by atoms with Gasteiger partial charge in [-0.2, -0.15) is 5.10 Å². The molecule has 170 valence electrons. The van der Waals surface area contributed by atoms with E-state index >= 15 is 0 Å². The first kappa shape index (κ1) is 21.1. The van der Waals surface area contributed by atoms with Crippen LogP contribution >= 0.6 is 0 Å². The Morgan fingerprint density at radius 3 is 2.79 bits per heavy atom. The summed E-state index contributed by atoms with van der Waals surface area (Å²) in [4.78, 5) is 35.3. The number of benzene rings is 2. The Kier molecular flexibility index (Phi) is 5.32. The van der Waals surface area contributed by atoms with Gasteiger partial charge in [0.2, 0.25) is 11.8 Å². The number of halogens is 1. The van der Waals surface area contributed by atoms with Crippen molar-refractivity contribution in [2.75, 3.05) is 11.4 Å². The number of para-hydroxylation sites is 2. The second-order valence-corrected chi connectivity index (χ2v) is 8.94. The number of imidazole rings is 1. The number of hydrogen-bond acceptors (Lipinski definition) is 4. The van der Waals surface area contributed by atoms with E-state index in [-0.39, 0.29) is 42.0 Å². The SMILES string of the molecule is CC(C)C[C@H](NC(=O)[C@H]1CC(=O)N(c2n[nH]c3cccc(F)c23)C1)c1nc2ccccc2[nH]1. The molecule has 0 bridgehead atoms. The van der Waals surface area contributed by atoms with Crippen LogP contribution in [0.2, 0.25) is 0 Å². The van der Waals surface area contributed by atoms with E-state index in [2.05, 4.69) is 39.3 Å². The molecule has 5 rings (SSSR count). The molecule has 8 nitrogen and oxygen atoms in total. The van der Waals surface area contributed by atoms with E-state index in [1.807, 2.05) is 24.3 Å². The highest BCUT2D eigenvalue weighted by atomic mass is 19.1. The minimum absolute atomic E-state index is 0.0448. The molecule has 0 unspecified atom stereocenters. The zero-order valence-electron chi connectivity index (χ0n) is 18.4. The molecule has 0 aliphatic carbocycles. The lowest BCUT2D eigenvalue weighted by Crippen LogP contribution is -2.36. The van der Waals surface area contributed by atoms with Crippen molar-refractivity contribution in [1.29, 1.82) is 0 Å². The van der Waals surface area contributed by atoms with Crippen LogP contribution in [0.1, 0.15) is 38.6 Å². The Bertz CT molecular complexity index is 1310. The quantitative estimate of drug-likeness (QED) is 0.417. The highest BCUT2D eigenvalue weighted by Gasteiger charge is 2.38. The molecule has 3 heterocycles. The van der Waals surface area contributed by atoms with Crippen LogP contribution in [0.3, 0.4) is 0 Å². The van der Waals surface area contributed by atoms with Crippen LogP contribution in [0.15, 0.2) is 42.5 Å². The Balaban J connectivity index is 1.36. The van der Waals surface area contributed by atoms with Gasteiger partial charge in [-0.25, -0.2) is 9.37 Å². The van der Waals surface area contributed by atoms with Gasteiger partial charge in [0, 0.05) is 13.0 Å². The Morgan fingerprint density at radius 1 is 1.21 bits per heavy atom. The topological polar surface area (TPSA) is 107 Å². The lowest BCUT2D eigenvalue weighted by molar-refractivity contribution is -0.127. The standard InChI is InChI=1S/C24H25FN6O2/c1-13(2)10-19(22-26-16-7-3-4-8-17(16)27-22)28-24(33)14-11-20(32)31(12-14)23-21-15(25)6-5-9-18(21)29-30-23/h3-9,13-14,19H,10-12H2,1-2H3,(H,26,27)(H,28,33)(H,29,30)/t14-,19-/m0/s1. The fraction of sp³-hybridized carbons (Fsp3) is 0.333. The summed E-state index contributed by atoms with van der Waals surface area (Å²) in [6, 6.07) is 12.0. The third-order valence-corrected chi connectivity index (χ3v) is 6.03. The zero-order valence-corrected chi connectivity index (χ0v) is 18.4. The van der Waals surface area contributed by atoms with Crippen LogP contribution in [0.5, 0.6) is 0 Å². The van der Waals surface area contributed by atoms with Crippen molar-refractivity contribution in [3.05, 3.63) is 54.1 Å². The molecule has 0 spiro atoms. The number of fused-ring (bicyclic) bond motifs is 2. The van der Waals surface area contributed by atoms with E-state index in [0.717, 1.165) is 11.0 Å². The fourth-order valence-corrected chi connectivity index (χ4v) is 4.43. The highest BCUT2D eigenvalue weighted by Crippen LogP contribution is 2.32. The number of amides is 2. The first-order valence-electron chi connectivity index (χ1n) is 11.1. The van der Waals surface area contributed by atoms with Crippen LogP contribution in [0.25, 0.3) is 21.9 Å². The number of carbonyl (C=O) groups excluding carboxylic acids is 2. The number of H-pyrrole nitrogens is 2. The summed E-state index contributed by atoms with van der Waals surface area (Å²) < 4.78 is 14.4. The summed E-state index contributed by atoms with van der Waals surface area (Å²) in [6.45, 7) is 4.31. The normalized spacial score (nSPS) is 17.4. The maximum atomic E-state index is 14.4. The lowest BCUT2D eigenvalue weighted by Gasteiger charge is -2.21. The van der Waals surface area contributed by atoms with E-state index in [1.54, 1.807) is 12.1 Å². The van der Waals surface area contributed by atoms with Crippen LogP contribution in [0.4, 0.5) is 10.2 Å². The molecule has 3 N–H and O–H groups in total. The second kappa shape index (κ2) is 8.31. The Hall–Kier alpha value is -3.75. The van der Waals surface area contributed by atoms with Gasteiger partial charge < -0.3 is 10.3 Å². The summed E-state index contributed by atoms with van der Waals surface area (Å²) in [7, 11) is 0. The molecule has 1 aliphatic rings. The van der Waals surface area contributed by atoms with E-state index in [4.69, 9.17) is 0 Å². The Morgan fingerprint density at radius 2 is 2.00 bits per heavy atom. The fourth-order valence-electron chi connectivity index (χ4n) is 4.43. The zero-order chi connectivity index (χ0) is 23.1. The molecule has 4 aromatic rings. The van der Waals surface area contributed by atoms with Gasteiger partial charge in [-0.1, -0.05) is 32.0 Å². The van der Waals surface area contributed by atoms with E-state index in [1.165, 1.54) is 11.0 Å². The summed E-state index contributed by atoms with van der Waals surface area (Å²) >= 11 is 0. The van der Waals surface area contributed by atoms with E-state index < -0.39 is 11.7 Å². The number of aromatic amines is 2. The third-order valence-electron chi connectivity index (χ3n) is 6.03. The first-order valence-corrected chi connectivity index (χ1v) is 11.1. The van der Waals surface area contributed by atoms with Crippen molar-refractivity contribution in [2.45, 2.75) is 32.7 Å². The maximum absolute atomic E-state index is 14.4. The number of aromatic nitrogens is 4. The van der Waals surface area contributed by atoms with Crippen LogP contribution in [-0.4, -0.2) is 38.5 Å². The number of rotatable bonds is 6. The third kappa shape index (κ3) is 3.94. The van der Waals surface area contributed by atoms with Crippen molar-refractivity contribution in [1.82, 2.24) is 25.5 Å². The number of nitrogens with zero attached hydrogens (tertiary/aromatic N) is 3. The minimum atomic E-state index is -0.560. The monoisotopic (exact) mass is 448 g/mol. The highest BCUT2D eigenvalue weighted by molar-refractivity contribution is 6.05. The molecule has 2 aromatic heterocycles. The first-order chi connectivity index (χ1) is 15.9. The molecular formula is C24H25FN6O2. The lowest BCUT2D eigenvalue weighted by atomic mass is 10.0. The molecule has 2 atom stereocenters. The molecule has 1 fully saturated rings. The number of nitrogens with one attached hydrogen (secondary N) is 3. The van der Waals surface area contributed by atoms with Gasteiger partial charge in [0.15, 0.2) is 5.82 Å². The molecule has 2 amide bonds. The molecule has 9 heteroatoms. The molecule has 33 heavy (non-hydrogen) atoms. The summed E-state index contributed by atoms with van der Waals surface area (Å²) in [5, 5.41) is 10.3. The van der Waals surface area contributed by atoms with Gasteiger partial charge in [-0.15, -0.1) is 0 Å². The summed E-state index contributed by atoms with van der Waals surface area (Å²) in [5.41, 5.74) is 2.25. The minimum Gasteiger partial charge on any atom is -0.346 e. The summed E-state index contributed by atoms with van der Waals surface area (Å²) in [6.07, 6.45) is 0.744. The second-order valence-electron chi connectivity index (χ2n) is 8.94. The van der Waals surface area contributed by atoms with Crippen LogP contribution in [-0.2, 0) is 9.59 Å². The van der Waals surface area contributed by atoms with Crippen LogP contribution < -0.4 is 10.2 Å². The van der Waals surface area contributed by atoms with Gasteiger partial charge in [0.05, 0.1) is 33.9 Å². The van der Waals surface area contributed by atoms with Gasteiger partial charge in [0.1, 0.15) is 11.6 Å². The van der Waals surface area contributed by atoms with Gasteiger partial charge >= 0.3 is 0 Å². The van der Waals surface area contributed by atoms with Gasteiger partial charge in [-0.05, 0) is 36.6 Å².